The molecule has 0 spiro atoms. The molecule has 0 amide bonds. The molecule has 4 heteroatoms. The van der Waals surface area contributed by atoms with Crippen LogP contribution in [0.15, 0.2) is 85.5 Å². The van der Waals surface area contributed by atoms with Crippen LogP contribution in [0.25, 0.3) is 11.1 Å². The van der Waals surface area contributed by atoms with Crippen LogP contribution < -0.4 is 43.1 Å². The minimum atomic E-state index is 0. The van der Waals surface area contributed by atoms with Crippen LogP contribution in [0.5, 0.6) is 0 Å². The molecule has 2 aromatic carbocycles. The van der Waals surface area contributed by atoms with E-state index < -0.39 is 0 Å². The first-order valence-corrected chi connectivity index (χ1v) is 15.0. The monoisotopic (exact) mass is 660 g/mol. The van der Waals surface area contributed by atoms with E-state index in [1.807, 2.05) is 0 Å². The zero-order valence-corrected chi connectivity index (χ0v) is 26.8. The van der Waals surface area contributed by atoms with Gasteiger partial charge in [0.05, 0.1) is 0 Å². The van der Waals surface area contributed by atoms with Crippen molar-refractivity contribution in [2.45, 2.75) is 90.1 Å². The molecule has 2 aliphatic rings. The SMILES string of the molecule is [Br-].[Br-].c1cc(-c2ccc(CCC[n+]3ccc4c(c3)CCCC4)cc2)ccc1CCC[n+]1ccc2c(c1)CCCC2. The largest absolute Gasteiger partial charge is 1.00 e. The summed E-state index contributed by atoms with van der Waals surface area (Å²) in [6, 6.07) is 23.1. The minimum absolute atomic E-state index is 0. The van der Waals surface area contributed by atoms with Gasteiger partial charge >= 0.3 is 0 Å². The van der Waals surface area contributed by atoms with E-state index in [-0.39, 0.29) is 34.0 Å². The summed E-state index contributed by atoms with van der Waals surface area (Å²) in [7, 11) is 0. The number of rotatable bonds is 9. The number of nitrogens with zero attached hydrogens (tertiary/aromatic N) is 2. The Morgan fingerprint density at radius 2 is 0.825 bits per heavy atom. The van der Waals surface area contributed by atoms with Crippen molar-refractivity contribution in [2.75, 3.05) is 0 Å². The van der Waals surface area contributed by atoms with Gasteiger partial charge in [-0.05, 0) is 97.6 Å². The molecule has 0 aliphatic heterocycles. The zero-order chi connectivity index (χ0) is 25.6. The maximum atomic E-state index is 2.40. The van der Waals surface area contributed by atoms with Gasteiger partial charge in [0.2, 0.25) is 0 Å². The second-order valence-corrected chi connectivity index (χ2v) is 11.5. The summed E-state index contributed by atoms with van der Waals surface area (Å²) in [6.07, 6.45) is 24.4. The van der Waals surface area contributed by atoms with Gasteiger partial charge in [-0.15, -0.1) is 0 Å². The molecule has 0 unspecified atom stereocenters. The Bertz CT molecular complexity index is 1260. The molecular formula is C36H42Br2N2. The standard InChI is InChI=1S/C36H42N2.2BrH/c1-3-11-35-27-37(25-21-31(35)9-1)23-5-7-29-13-17-33(18-14-29)34-19-15-30(16-20-34)8-6-24-38-26-22-32-10-2-4-12-36(32)28-38;;/h13-22,25-28H,1-12,23-24H2;2*1H/q+2;;/p-2. The van der Waals surface area contributed by atoms with Crippen molar-refractivity contribution in [3.8, 4) is 11.1 Å². The van der Waals surface area contributed by atoms with Crippen LogP contribution in [0.1, 0.15) is 71.9 Å². The topological polar surface area (TPSA) is 7.76 Å². The van der Waals surface area contributed by atoms with Crippen LogP contribution >= 0.6 is 0 Å². The highest BCUT2D eigenvalue weighted by Crippen LogP contribution is 2.22. The normalized spacial score (nSPS) is 13.9. The molecule has 210 valence electrons. The summed E-state index contributed by atoms with van der Waals surface area (Å²) < 4.78 is 4.79. The summed E-state index contributed by atoms with van der Waals surface area (Å²) in [5.41, 5.74) is 11.8. The summed E-state index contributed by atoms with van der Waals surface area (Å²) in [5, 5.41) is 0. The van der Waals surface area contributed by atoms with Crippen LogP contribution in [0.4, 0.5) is 0 Å². The second kappa shape index (κ2) is 15.1. The summed E-state index contributed by atoms with van der Waals surface area (Å²) in [6.45, 7) is 2.20. The summed E-state index contributed by atoms with van der Waals surface area (Å²) in [4.78, 5) is 0. The van der Waals surface area contributed by atoms with E-state index in [0.29, 0.717) is 0 Å². The molecule has 0 radical (unpaired) electrons. The molecule has 2 nitrogen and oxygen atoms in total. The molecule has 0 saturated carbocycles. The molecule has 0 bridgehead atoms. The highest BCUT2D eigenvalue weighted by atomic mass is 79.9. The molecule has 4 aromatic rings. The predicted octanol–water partition coefficient (Wildman–Crippen LogP) is 0.960. The number of aryl methyl sites for hydroxylation is 8. The highest BCUT2D eigenvalue weighted by Gasteiger charge is 2.14. The fourth-order valence-corrected chi connectivity index (χ4v) is 6.37. The Kier molecular flexibility index (Phi) is 11.6. The lowest BCUT2D eigenvalue weighted by Crippen LogP contribution is -3.00. The molecule has 6 rings (SSSR count). The van der Waals surface area contributed by atoms with Gasteiger partial charge in [0, 0.05) is 36.1 Å². The highest BCUT2D eigenvalue weighted by molar-refractivity contribution is 5.64. The lowest BCUT2D eigenvalue weighted by molar-refractivity contribution is -0.697. The molecule has 40 heavy (non-hydrogen) atoms. The third-order valence-corrected chi connectivity index (χ3v) is 8.69. The van der Waals surface area contributed by atoms with E-state index in [2.05, 4.69) is 94.6 Å². The first-order valence-electron chi connectivity index (χ1n) is 15.0. The molecule has 0 atom stereocenters. The minimum Gasteiger partial charge on any atom is -1.00 e. The molecule has 2 aliphatic carbocycles. The number of hydrogen-bond donors (Lipinski definition) is 0. The lowest BCUT2D eigenvalue weighted by Gasteiger charge is -2.13. The van der Waals surface area contributed by atoms with E-state index in [1.54, 1.807) is 22.3 Å². The third kappa shape index (κ3) is 7.91. The van der Waals surface area contributed by atoms with Gasteiger partial charge in [0.25, 0.3) is 0 Å². The molecule has 2 aromatic heterocycles. The number of aromatic nitrogens is 2. The van der Waals surface area contributed by atoms with Crippen molar-refractivity contribution >= 4 is 0 Å². The van der Waals surface area contributed by atoms with E-state index in [4.69, 9.17) is 0 Å². The summed E-state index contributed by atoms with van der Waals surface area (Å²) in [5.74, 6) is 0. The Balaban J connectivity index is 0.00000185. The lowest BCUT2D eigenvalue weighted by atomic mass is 9.93. The third-order valence-electron chi connectivity index (χ3n) is 8.69. The Morgan fingerprint density at radius 1 is 0.450 bits per heavy atom. The van der Waals surface area contributed by atoms with Crippen molar-refractivity contribution in [3.05, 3.63) is 119 Å². The molecule has 2 heterocycles. The maximum Gasteiger partial charge on any atom is 0.172 e. The average molecular weight is 663 g/mol. The van der Waals surface area contributed by atoms with Crippen LogP contribution in [0, 0.1) is 0 Å². The van der Waals surface area contributed by atoms with Crippen molar-refractivity contribution in [1.29, 1.82) is 0 Å². The quantitative estimate of drug-likeness (QED) is 0.236. The van der Waals surface area contributed by atoms with Gasteiger partial charge in [0.1, 0.15) is 13.1 Å². The predicted molar refractivity (Wildman–Crippen MR) is 155 cm³/mol. The van der Waals surface area contributed by atoms with Crippen molar-refractivity contribution in [3.63, 3.8) is 0 Å². The molecule has 0 saturated heterocycles. The first kappa shape index (κ1) is 30.7. The number of benzene rings is 2. The number of halogens is 2. The fraction of sp³-hybridized carbons (Fsp3) is 0.389. The van der Waals surface area contributed by atoms with Crippen LogP contribution in [-0.2, 0) is 51.6 Å². The second-order valence-electron chi connectivity index (χ2n) is 11.5. The Labute approximate surface area is 262 Å². The van der Waals surface area contributed by atoms with Gasteiger partial charge in [-0.25, -0.2) is 9.13 Å². The first-order chi connectivity index (χ1) is 18.8. The van der Waals surface area contributed by atoms with Crippen molar-refractivity contribution < 1.29 is 43.1 Å². The maximum absolute atomic E-state index is 2.40. The number of hydrogen-bond acceptors (Lipinski definition) is 0. The van der Waals surface area contributed by atoms with E-state index >= 15 is 0 Å². The van der Waals surface area contributed by atoms with E-state index in [9.17, 15) is 0 Å². The van der Waals surface area contributed by atoms with Gasteiger partial charge in [-0.3, -0.25) is 0 Å². The van der Waals surface area contributed by atoms with Gasteiger partial charge in [-0.1, -0.05) is 48.5 Å². The zero-order valence-electron chi connectivity index (χ0n) is 23.6. The van der Waals surface area contributed by atoms with Crippen molar-refractivity contribution in [2.24, 2.45) is 0 Å². The molecule has 0 N–H and O–H groups in total. The van der Waals surface area contributed by atoms with Gasteiger partial charge < -0.3 is 34.0 Å². The van der Waals surface area contributed by atoms with Crippen LogP contribution in [0.2, 0.25) is 0 Å². The number of pyridine rings is 2. The van der Waals surface area contributed by atoms with Gasteiger partial charge in [-0.2, -0.15) is 0 Å². The average Bonchev–Trinajstić information content (AvgIpc) is 2.98. The summed E-state index contributed by atoms with van der Waals surface area (Å²) >= 11 is 0. The molecule has 0 fully saturated rings. The Hall–Kier alpha value is -2.30. The van der Waals surface area contributed by atoms with Crippen LogP contribution in [-0.4, -0.2) is 0 Å². The molecular weight excluding hydrogens is 620 g/mol. The fourth-order valence-electron chi connectivity index (χ4n) is 6.37. The van der Waals surface area contributed by atoms with Crippen molar-refractivity contribution in [1.82, 2.24) is 0 Å². The van der Waals surface area contributed by atoms with E-state index in [1.165, 1.54) is 86.5 Å². The Morgan fingerprint density at radius 3 is 1.23 bits per heavy atom. The van der Waals surface area contributed by atoms with E-state index in [0.717, 1.165) is 25.9 Å². The van der Waals surface area contributed by atoms with Gasteiger partial charge in [0.15, 0.2) is 24.8 Å². The smallest absolute Gasteiger partial charge is 0.172 e. The van der Waals surface area contributed by atoms with Crippen LogP contribution in [0.3, 0.4) is 0 Å². The number of fused-ring (bicyclic) bond motifs is 2.